The molecule has 0 saturated carbocycles. The van der Waals surface area contributed by atoms with Crippen molar-refractivity contribution in [3.8, 4) is 0 Å². The maximum Gasteiger partial charge on any atom is 1.00 e. The van der Waals surface area contributed by atoms with Gasteiger partial charge in [0.1, 0.15) is 0 Å². The number of halogens is 1. The molecule has 0 aliphatic heterocycles. The van der Waals surface area contributed by atoms with Crippen LogP contribution in [0.25, 0.3) is 0 Å². The van der Waals surface area contributed by atoms with Crippen LogP contribution in [-0.2, 0) is 0 Å². The second kappa shape index (κ2) is 17.0. The molecule has 0 aromatic heterocycles. The first-order valence-corrected chi connectivity index (χ1v) is 0. The Bertz CT molecular complexity index is 8.00. The van der Waals surface area contributed by atoms with Gasteiger partial charge in [0.05, 0.1) is 0 Å². The van der Waals surface area contributed by atoms with Crippen LogP contribution in [0.1, 0.15) is 0 Å². The van der Waals surface area contributed by atoms with E-state index in [1.165, 1.54) is 0 Å². The zero-order valence-corrected chi connectivity index (χ0v) is 6.59. The van der Waals surface area contributed by atoms with Gasteiger partial charge in [-0.1, -0.05) is 0 Å². The van der Waals surface area contributed by atoms with E-state index in [0.29, 0.717) is 0 Å². The number of hydrogen-bond donors (Lipinski definition) is 0. The predicted octanol–water partition coefficient (Wildman–Crippen LogP) is -7.73. The molecule has 0 bridgehead atoms. The summed E-state index contributed by atoms with van der Waals surface area (Å²) < 4.78 is 0. The van der Waals surface area contributed by atoms with Gasteiger partial charge in [-0.25, -0.2) is 0 Å². The van der Waals surface area contributed by atoms with Crippen LogP contribution >= 0.6 is 0 Å². The molecule has 20 valence electrons. The van der Waals surface area contributed by atoms with E-state index in [-0.39, 0.29) is 96.9 Å². The van der Waals surface area contributed by atoms with E-state index in [4.69, 9.17) is 0 Å². The van der Waals surface area contributed by atoms with E-state index in [1.54, 1.807) is 0 Å². The van der Waals surface area contributed by atoms with Crippen molar-refractivity contribution < 1.29 is 73.8 Å². The van der Waals surface area contributed by atoms with Crippen molar-refractivity contribution in [1.29, 1.82) is 0 Å². The molecule has 0 aromatic rings. The molecule has 0 radical (unpaired) electrons. The molecule has 0 unspecified atom stereocenters. The van der Waals surface area contributed by atoms with Crippen molar-refractivity contribution in [3.05, 3.63) is 0 Å². The van der Waals surface area contributed by atoms with Crippen molar-refractivity contribution in [2.75, 3.05) is 0 Å². The van der Waals surface area contributed by atoms with E-state index in [2.05, 4.69) is 0 Å². The molecule has 0 saturated heterocycles. The van der Waals surface area contributed by atoms with E-state index >= 15 is 0 Å². The average molecular weight is 163 g/mol. The summed E-state index contributed by atoms with van der Waals surface area (Å²) >= 11 is 0. The summed E-state index contributed by atoms with van der Waals surface area (Å²) in [5.41, 5.74) is 0. The molecule has 0 atom stereocenters. The van der Waals surface area contributed by atoms with Crippen LogP contribution in [0.3, 0.4) is 0 Å². The van der Waals surface area contributed by atoms with Crippen LogP contribution in [0.4, 0.5) is 0 Å². The van der Waals surface area contributed by atoms with Crippen LogP contribution in [-0.4, -0.2) is 28.5 Å². The third kappa shape index (κ3) is 8.85. The Morgan fingerprint density at radius 1 is 1.00 bits per heavy atom. The van der Waals surface area contributed by atoms with Gasteiger partial charge in [-0.15, -0.1) is 0 Å². The van der Waals surface area contributed by atoms with Gasteiger partial charge in [0.15, 0.2) is 0 Å². The third-order valence-electron chi connectivity index (χ3n) is 0. The van der Waals surface area contributed by atoms with Gasteiger partial charge in [-0.2, -0.15) is 0 Å². The Morgan fingerprint density at radius 2 is 1.00 bits per heavy atom. The van der Waals surface area contributed by atoms with Crippen LogP contribution in [0.2, 0.25) is 0 Å². The fourth-order valence-corrected chi connectivity index (χ4v) is 0. The molecular weight excluding hydrogens is 159 g/mol. The molecule has 0 spiro atoms. The summed E-state index contributed by atoms with van der Waals surface area (Å²) in [6.45, 7) is 0. The van der Waals surface area contributed by atoms with Crippen molar-refractivity contribution >= 4 is 23.1 Å². The van der Waals surface area contributed by atoms with Gasteiger partial charge in [0, 0.05) is 0 Å². The molecule has 0 aliphatic carbocycles. The Labute approximate surface area is 94.6 Å². The van der Waals surface area contributed by atoms with Crippen LogP contribution in [0.15, 0.2) is 0 Å². The summed E-state index contributed by atoms with van der Waals surface area (Å²) in [5.74, 6) is 0. The second-order valence-electron chi connectivity index (χ2n) is 0. The van der Waals surface area contributed by atoms with Gasteiger partial charge in [0.25, 0.3) is 0 Å². The molecule has 0 heterocycles. The molecule has 0 fully saturated rings. The monoisotopic (exact) mass is 162 g/mol. The largest absolute Gasteiger partial charge is 1.00 e. The summed E-state index contributed by atoms with van der Waals surface area (Å²) in [7, 11) is 0. The van der Waals surface area contributed by atoms with Crippen LogP contribution in [0, 0.1) is 0 Å². The molecule has 0 amide bonds. The molecule has 1 nitrogen and oxygen atoms in total. The van der Waals surface area contributed by atoms with Crippen molar-refractivity contribution in [2.24, 2.45) is 0 Å². The average Bonchev–Trinajstić information content (AvgIpc) is 0. The summed E-state index contributed by atoms with van der Waals surface area (Å²) in [6.07, 6.45) is 0. The zero-order chi connectivity index (χ0) is 0. The van der Waals surface area contributed by atoms with Crippen molar-refractivity contribution in [3.63, 3.8) is 0 Å². The van der Waals surface area contributed by atoms with E-state index in [0.717, 1.165) is 0 Å². The fourth-order valence-electron chi connectivity index (χ4n) is 0. The van der Waals surface area contributed by atoms with Crippen LogP contribution in [0.5, 0.6) is 0 Å². The molecule has 0 aromatic carbocycles. The van der Waals surface area contributed by atoms with Gasteiger partial charge >= 0.3 is 74.4 Å². The minimum Gasteiger partial charge on any atom is -1.00 e. The van der Waals surface area contributed by atoms with E-state index in [1.807, 2.05) is 0 Å². The molecular formula is H4BrKMgO. The maximum absolute atomic E-state index is 0. The third-order valence-corrected chi connectivity index (χ3v) is 0. The van der Waals surface area contributed by atoms with Gasteiger partial charge in [-0.3, -0.25) is 0 Å². The molecule has 4 heavy (non-hydrogen) atoms. The standard InChI is InChI=1S/BrH.K.Mg.H2O.2H/h1H;;;1H2;;/q;+1;;;;/p-1. The molecule has 0 aliphatic rings. The van der Waals surface area contributed by atoms with E-state index < -0.39 is 0 Å². The molecule has 2 N–H and O–H groups in total. The first-order valence-electron chi connectivity index (χ1n) is 0. The summed E-state index contributed by atoms with van der Waals surface area (Å²) in [5, 5.41) is 0. The zero-order valence-electron chi connectivity index (χ0n) is 1.88. The summed E-state index contributed by atoms with van der Waals surface area (Å²) in [6, 6.07) is 0. The maximum atomic E-state index is 0. The Hall–Kier alpha value is 2.84. The first-order chi connectivity index (χ1) is 0. The summed E-state index contributed by atoms with van der Waals surface area (Å²) in [4.78, 5) is 0. The van der Waals surface area contributed by atoms with Crippen LogP contribution < -0.4 is 68.4 Å². The minimum atomic E-state index is 0. The number of hydrogen-bond acceptors (Lipinski definition) is 0. The second-order valence-corrected chi connectivity index (χ2v) is 0. The fraction of sp³-hybridized carbons (Fsp3) is 0. The van der Waals surface area contributed by atoms with Crippen molar-refractivity contribution in [1.82, 2.24) is 0 Å². The van der Waals surface area contributed by atoms with Gasteiger partial charge in [0.2, 0.25) is 0 Å². The van der Waals surface area contributed by atoms with Gasteiger partial charge < -0.3 is 22.5 Å². The Balaban J connectivity index is 0. The van der Waals surface area contributed by atoms with Gasteiger partial charge in [-0.05, 0) is 0 Å². The smallest absolute Gasteiger partial charge is 1.00 e. The molecule has 4 heteroatoms. The molecule has 0 rings (SSSR count). The first kappa shape index (κ1) is 28.9. The Morgan fingerprint density at radius 3 is 1.00 bits per heavy atom. The minimum absolute atomic E-state index is 0. The topological polar surface area (TPSA) is 31.5 Å². The quantitative estimate of drug-likeness (QED) is 0.318. The Kier molecular flexibility index (Phi) is 123. The predicted molar refractivity (Wildman–Crippen MR) is 12.2 cm³/mol. The normalized spacial score (nSPS) is 0. The number of rotatable bonds is 0. The van der Waals surface area contributed by atoms with Crippen molar-refractivity contribution in [2.45, 2.75) is 0 Å². The van der Waals surface area contributed by atoms with E-state index in [9.17, 15) is 0 Å². The SMILES string of the molecule is O.[Br-].[K+].[MgH2].